The molecule has 0 aromatic heterocycles. The number of nitrogens with zero attached hydrogens (tertiary/aromatic N) is 1. The summed E-state index contributed by atoms with van der Waals surface area (Å²) in [5.41, 5.74) is -0.244. The van der Waals surface area contributed by atoms with Gasteiger partial charge in [-0.3, -0.25) is 14.5 Å². The number of benzene rings is 1. The molecule has 106 valence electrons. The molecule has 6 heteroatoms. The molecule has 2 amide bonds. The van der Waals surface area contributed by atoms with Crippen LogP contribution in [0.2, 0.25) is 10.0 Å². The fraction of sp³-hybridized carbons (Fsp3) is 0.429. The highest BCUT2D eigenvalue weighted by molar-refractivity contribution is 6.44. The van der Waals surface area contributed by atoms with Crippen molar-refractivity contribution in [2.24, 2.45) is 0 Å². The minimum atomic E-state index is -0.749. The minimum Gasteiger partial charge on any atom is -0.340 e. The largest absolute Gasteiger partial charge is 0.340 e. The third kappa shape index (κ3) is 2.07. The number of carbonyl (C=O) groups excluding carboxylic acids is 2. The Kier molecular flexibility index (Phi) is 3.38. The van der Waals surface area contributed by atoms with Crippen LogP contribution >= 0.6 is 23.2 Å². The Balaban J connectivity index is 2.02. The van der Waals surface area contributed by atoms with E-state index in [1.165, 1.54) is 4.90 Å². The van der Waals surface area contributed by atoms with Gasteiger partial charge >= 0.3 is 0 Å². The SMILES string of the molecule is O=C1CN(c2cccc(Cl)c2Cl)C(=O)C2(CCCC2)N1. The minimum absolute atomic E-state index is 0.0132. The van der Waals surface area contributed by atoms with Gasteiger partial charge in [0.25, 0.3) is 5.91 Å². The van der Waals surface area contributed by atoms with E-state index in [1.807, 2.05) is 0 Å². The monoisotopic (exact) mass is 312 g/mol. The molecule has 0 unspecified atom stereocenters. The first-order valence-corrected chi connectivity index (χ1v) is 7.36. The first-order chi connectivity index (χ1) is 9.53. The summed E-state index contributed by atoms with van der Waals surface area (Å²) >= 11 is 12.2. The molecular formula is C14H14Cl2N2O2. The predicted octanol–water partition coefficient (Wildman–Crippen LogP) is 2.77. The van der Waals surface area contributed by atoms with Crippen LogP contribution in [0.1, 0.15) is 25.7 Å². The number of halogens is 2. The molecule has 1 N–H and O–H groups in total. The zero-order chi connectivity index (χ0) is 14.3. The van der Waals surface area contributed by atoms with E-state index in [0.717, 1.165) is 12.8 Å². The van der Waals surface area contributed by atoms with Crippen molar-refractivity contribution in [2.75, 3.05) is 11.4 Å². The van der Waals surface area contributed by atoms with E-state index in [1.54, 1.807) is 18.2 Å². The van der Waals surface area contributed by atoms with Crippen LogP contribution in [0, 0.1) is 0 Å². The first kappa shape index (κ1) is 13.7. The van der Waals surface area contributed by atoms with Crippen LogP contribution in [0.5, 0.6) is 0 Å². The fourth-order valence-electron chi connectivity index (χ4n) is 3.05. The van der Waals surface area contributed by atoms with Crippen molar-refractivity contribution in [3.05, 3.63) is 28.2 Å². The molecule has 1 aliphatic heterocycles. The van der Waals surface area contributed by atoms with Gasteiger partial charge in [0.2, 0.25) is 5.91 Å². The Bertz CT molecular complexity index is 583. The van der Waals surface area contributed by atoms with Crippen LogP contribution < -0.4 is 10.2 Å². The average Bonchev–Trinajstić information content (AvgIpc) is 2.87. The molecular weight excluding hydrogens is 299 g/mol. The third-order valence-corrected chi connectivity index (χ3v) is 4.82. The Hall–Kier alpha value is -1.26. The lowest BCUT2D eigenvalue weighted by atomic mass is 9.92. The summed E-state index contributed by atoms with van der Waals surface area (Å²) in [6.45, 7) is -0.0132. The number of anilines is 1. The molecule has 0 radical (unpaired) electrons. The number of rotatable bonds is 1. The van der Waals surface area contributed by atoms with Crippen molar-refractivity contribution < 1.29 is 9.59 Å². The van der Waals surface area contributed by atoms with E-state index >= 15 is 0 Å². The summed E-state index contributed by atoms with van der Waals surface area (Å²) in [6, 6.07) is 5.10. The van der Waals surface area contributed by atoms with Crippen molar-refractivity contribution in [3.8, 4) is 0 Å². The van der Waals surface area contributed by atoms with Gasteiger partial charge in [-0.25, -0.2) is 0 Å². The molecule has 1 aromatic rings. The summed E-state index contributed by atoms with van der Waals surface area (Å²) < 4.78 is 0. The maximum Gasteiger partial charge on any atom is 0.253 e. The maximum atomic E-state index is 12.8. The highest BCUT2D eigenvalue weighted by Crippen LogP contribution is 2.38. The molecule has 1 aromatic carbocycles. The summed E-state index contributed by atoms with van der Waals surface area (Å²) in [5, 5.41) is 3.56. The molecule has 2 aliphatic rings. The number of piperazine rings is 1. The smallest absolute Gasteiger partial charge is 0.253 e. The van der Waals surface area contributed by atoms with Crippen molar-refractivity contribution in [3.63, 3.8) is 0 Å². The van der Waals surface area contributed by atoms with Gasteiger partial charge < -0.3 is 5.32 Å². The Morgan fingerprint density at radius 3 is 2.55 bits per heavy atom. The van der Waals surface area contributed by atoms with Crippen LogP contribution in [0.4, 0.5) is 5.69 Å². The summed E-state index contributed by atoms with van der Waals surface area (Å²) in [5.74, 6) is -0.235. The Morgan fingerprint density at radius 2 is 1.85 bits per heavy atom. The molecule has 4 nitrogen and oxygen atoms in total. The second kappa shape index (κ2) is 4.93. The second-order valence-electron chi connectivity index (χ2n) is 5.30. The molecule has 3 rings (SSSR count). The lowest BCUT2D eigenvalue weighted by Gasteiger charge is -2.40. The number of nitrogens with one attached hydrogen (secondary N) is 1. The highest BCUT2D eigenvalue weighted by Gasteiger charge is 2.48. The van der Waals surface area contributed by atoms with E-state index in [9.17, 15) is 9.59 Å². The molecule has 1 saturated carbocycles. The zero-order valence-electron chi connectivity index (χ0n) is 10.8. The standard InChI is InChI=1S/C14H14Cl2N2O2/c15-9-4-3-5-10(12(9)16)18-8-11(19)17-14(13(18)20)6-1-2-7-14/h3-5H,1-2,6-8H2,(H,17,19). The third-order valence-electron chi connectivity index (χ3n) is 4.01. The lowest BCUT2D eigenvalue weighted by Crippen LogP contribution is -2.65. The average molecular weight is 313 g/mol. The zero-order valence-corrected chi connectivity index (χ0v) is 12.3. The van der Waals surface area contributed by atoms with E-state index in [-0.39, 0.29) is 18.4 Å². The summed E-state index contributed by atoms with van der Waals surface area (Å²) in [6.07, 6.45) is 3.27. The molecule has 0 atom stereocenters. The molecule has 20 heavy (non-hydrogen) atoms. The van der Waals surface area contributed by atoms with Crippen LogP contribution in [0.3, 0.4) is 0 Å². The molecule has 1 spiro atoms. The van der Waals surface area contributed by atoms with Crippen LogP contribution in [0.25, 0.3) is 0 Å². The van der Waals surface area contributed by atoms with E-state index < -0.39 is 5.54 Å². The Labute approximate surface area is 127 Å². The highest BCUT2D eigenvalue weighted by atomic mass is 35.5. The van der Waals surface area contributed by atoms with Crippen molar-refractivity contribution >= 4 is 40.7 Å². The topological polar surface area (TPSA) is 49.4 Å². The Morgan fingerprint density at radius 1 is 1.15 bits per heavy atom. The van der Waals surface area contributed by atoms with Gasteiger partial charge in [0.15, 0.2) is 0 Å². The van der Waals surface area contributed by atoms with Gasteiger partial charge in [-0.15, -0.1) is 0 Å². The molecule has 1 saturated heterocycles. The second-order valence-corrected chi connectivity index (χ2v) is 6.09. The van der Waals surface area contributed by atoms with Crippen LogP contribution in [-0.4, -0.2) is 23.9 Å². The van der Waals surface area contributed by atoms with E-state index in [4.69, 9.17) is 23.2 Å². The number of amides is 2. The summed E-state index contributed by atoms with van der Waals surface area (Å²) in [7, 11) is 0. The van der Waals surface area contributed by atoms with Crippen molar-refractivity contribution in [2.45, 2.75) is 31.2 Å². The normalized spacial score (nSPS) is 21.4. The number of hydrogen-bond donors (Lipinski definition) is 1. The fourth-order valence-corrected chi connectivity index (χ4v) is 3.44. The quantitative estimate of drug-likeness (QED) is 0.867. The maximum absolute atomic E-state index is 12.8. The van der Waals surface area contributed by atoms with Gasteiger partial charge in [0.1, 0.15) is 12.1 Å². The number of hydrogen-bond acceptors (Lipinski definition) is 2. The van der Waals surface area contributed by atoms with Crippen LogP contribution in [-0.2, 0) is 9.59 Å². The van der Waals surface area contributed by atoms with Crippen LogP contribution in [0.15, 0.2) is 18.2 Å². The van der Waals surface area contributed by atoms with Gasteiger partial charge in [-0.1, -0.05) is 42.1 Å². The first-order valence-electron chi connectivity index (χ1n) is 6.60. The molecule has 2 fully saturated rings. The molecule has 1 aliphatic carbocycles. The molecule has 0 bridgehead atoms. The van der Waals surface area contributed by atoms with Gasteiger partial charge in [0, 0.05) is 0 Å². The van der Waals surface area contributed by atoms with E-state index in [2.05, 4.69) is 5.32 Å². The van der Waals surface area contributed by atoms with Crippen molar-refractivity contribution in [1.82, 2.24) is 5.32 Å². The lowest BCUT2D eigenvalue weighted by molar-refractivity contribution is -0.135. The van der Waals surface area contributed by atoms with Gasteiger partial charge in [-0.2, -0.15) is 0 Å². The summed E-state index contributed by atoms with van der Waals surface area (Å²) in [4.78, 5) is 26.2. The molecule has 1 heterocycles. The van der Waals surface area contributed by atoms with Gasteiger partial charge in [0.05, 0.1) is 15.7 Å². The predicted molar refractivity (Wildman–Crippen MR) is 78.2 cm³/mol. The number of carbonyl (C=O) groups is 2. The van der Waals surface area contributed by atoms with Gasteiger partial charge in [-0.05, 0) is 25.0 Å². The van der Waals surface area contributed by atoms with Crippen molar-refractivity contribution in [1.29, 1.82) is 0 Å². The van der Waals surface area contributed by atoms with E-state index in [0.29, 0.717) is 28.6 Å².